The summed E-state index contributed by atoms with van der Waals surface area (Å²) in [6, 6.07) is 7.45. The van der Waals surface area contributed by atoms with Crippen molar-refractivity contribution in [2.75, 3.05) is 11.9 Å². The summed E-state index contributed by atoms with van der Waals surface area (Å²) in [5.41, 5.74) is 0.519. The molecule has 0 aliphatic rings. The SMILES string of the molecule is CCCCCCCCOc1ccc(Nc2nc(Cc3ccc(F)c(F)c3)cs2)cc1C(F)(F)F. The lowest BCUT2D eigenvalue weighted by atomic mass is 10.1. The summed E-state index contributed by atoms with van der Waals surface area (Å²) >= 11 is 1.21. The normalized spacial score (nSPS) is 11.6. The van der Waals surface area contributed by atoms with Gasteiger partial charge in [-0.05, 0) is 42.3 Å². The first-order chi connectivity index (χ1) is 16.3. The summed E-state index contributed by atoms with van der Waals surface area (Å²) in [4.78, 5) is 4.34. The van der Waals surface area contributed by atoms with E-state index in [-0.39, 0.29) is 24.5 Å². The third-order valence-electron chi connectivity index (χ3n) is 5.21. The Balaban J connectivity index is 1.62. The minimum absolute atomic E-state index is 0.190. The van der Waals surface area contributed by atoms with Crippen LogP contribution in [0.3, 0.4) is 0 Å². The molecule has 0 atom stereocenters. The van der Waals surface area contributed by atoms with E-state index in [4.69, 9.17) is 4.74 Å². The average molecular weight is 499 g/mol. The molecule has 1 heterocycles. The molecule has 9 heteroatoms. The predicted octanol–water partition coefficient (Wildman–Crippen LogP) is 8.51. The minimum Gasteiger partial charge on any atom is -0.493 e. The van der Waals surface area contributed by atoms with E-state index in [1.54, 1.807) is 5.38 Å². The number of halogens is 5. The van der Waals surface area contributed by atoms with Gasteiger partial charge in [-0.15, -0.1) is 11.3 Å². The maximum absolute atomic E-state index is 13.6. The molecule has 2 aromatic carbocycles. The molecule has 3 aromatic rings. The summed E-state index contributed by atoms with van der Waals surface area (Å²) in [7, 11) is 0. The van der Waals surface area contributed by atoms with Crippen LogP contribution in [-0.2, 0) is 12.6 Å². The van der Waals surface area contributed by atoms with Crippen molar-refractivity contribution in [3.63, 3.8) is 0 Å². The van der Waals surface area contributed by atoms with Crippen LogP contribution in [0.4, 0.5) is 32.8 Å². The van der Waals surface area contributed by atoms with Gasteiger partial charge >= 0.3 is 6.18 Å². The highest BCUT2D eigenvalue weighted by atomic mass is 32.1. The van der Waals surface area contributed by atoms with Crippen LogP contribution in [-0.4, -0.2) is 11.6 Å². The standard InChI is InChI=1S/C25H27F5N2OS/c1-2-3-4-5-6-7-12-33-23-11-9-18(15-20(23)25(28,29)30)31-24-32-19(16-34-24)13-17-8-10-21(26)22(27)14-17/h8-11,14-16H,2-7,12-13H2,1H3,(H,31,32). The smallest absolute Gasteiger partial charge is 0.420 e. The maximum Gasteiger partial charge on any atom is 0.420 e. The van der Waals surface area contributed by atoms with E-state index in [0.29, 0.717) is 22.8 Å². The van der Waals surface area contributed by atoms with Gasteiger partial charge in [-0.25, -0.2) is 13.8 Å². The summed E-state index contributed by atoms with van der Waals surface area (Å²) in [5, 5.41) is 4.99. The van der Waals surface area contributed by atoms with E-state index < -0.39 is 23.4 Å². The van der Waals surface area contributed by atoms with Crippen LogP contribution in [0.5, 0.6) is 5.75 Å². The molecule has 0 saturated heterocycles. The first-order valence-electron chi connectivity index (χ1n) is 11.3. The van der Waals surface area contributed by atoms with E-state index in [0.717, 1.165) is 43.9 Å². The molecule has 0 aliphatic carbocycles. The van der Waals surface area contributed by atoms with Gasteiger partial charge in [0.05, 0.1) is 17.9 Å². The highest BCUT2D eigenvalue weighted by molar-refractivity contribution is 7.13. The molecule has 0 bridgehead atoms. The molecule has 1 aromatic heterocycles. The molecule has 0 radical (unpaired) electrons. The third kappa shape index (κ3) is 7.68. The van der Waals surface area contributed by atoms with Gasteiger partial charge in [0.2, 0.25) is 0 Å². The Morgan fingerprint density at radius 3 is 2.44 bits per heavy atom. The maximum atomic E-state index is 13.6. The van der Waals surface area contributed by atoms with Crippen LogP contribution in [0, 0.1) is 11.6 Å². The first-order valence-corrected chi connectivity index (χ1v) is 12.1. The van der Waals surface area contributed by atoms with Crippen molar-refractivity contribution in [1.82, 2.24) is 4.98 Å². The van der Waals surface area contributed by atoms with Gasteiger partial charge in [0.15, 0.2) is 16.8 Å². The zero-order valence-electron chi connectivity index (χ0n) is 18.9. The second-order valence-corrected chi connectivity index (χ2v) is 8.88. The highest BCUT2D eigenvalue weighted by Crippen LogP contribution is 2.38. The molecular weight excluding hydrogens is 471 g/mol. The number of alkyl halides is 3. The van der Waals surface area contributed by atoms with Gasteiger partial charge in [0.25, 0.3) is 0 Å². The Kier molecular flexibility index (Phi) is 9.27. The van der Waals surface area contributed by atoms with Gasteiger partial charge < -0.3 is 10.1 Å². The number of anilines is 2. The molecule has 3 nitrogen and oxygen atoms in total. The fourth-order valence-corrected chi connectivity index (χ4v) is 4.18. The number of unbranched alkanes of at least 4 members (excludes halogenated alkanes) is 5. The average Bonchev–Trinajstić information content (AvgIpc) is 3.22. The van der Waals surface area contributed by atoms with Crippen LogP contribution in [0.25, 0.3) is 0 Å². The van der Waals surface area contributed by atoms with E-state index in [1.165, 1.54) is 36.0 Å². The highest BCUT2D eigenvalue weighted by Gasteiger charge is 2.34. The Bertz CT molecular complexity index is 1070. The van der Waals surface area contributed by atoms with Crippen molar-refractivity contribution < 1.29 is 26.7 Å². The largest absolute Gasteiger partial charge is 0.493 e. The van der Waals surface area contributed by atoms with E-state index in [1.807, 2.05) is 0 Å². The van der Waals surface area contributed by atoms with Crippen molar-refractivity contribution in [2.24, 2.45) is 0 Å². The number of hydrogen-bond acceptors (Lipinski definition) is 4. The lowest BCUT2D eigenvalue weighted by Crippen LogP contribution is -2.10. The van der Waals surface area contributed by atoms with E-state index in [2.05, 4.69) is 17.2 Å². The lowest BCUT2D eigenvalue weighted by molar-refractivity contribution is -0.138. The fourth-order valence-electron chi connectivity index (χ4n) is 3.45. The summed E-state index contributed by atoms with van der Waals surface area (Å²) in [6.45, 7) is 2.37. The third-order valence-corrected chi connectivity index (χ3v) is 6.02. The van der Waals surface area contributed by atoms with Gasteiger partial charge in [-0.3, -0.25) is 0 Å². The van der Waals surface area contributed by atoms with Crippen molar-refractivity contribution in [3.05, 3.63) is 70.2 Å². The fraction of sp³-hybridized carbons (Fsp3) is 0.400. The quantitative estimate of drug-likeness (QED) is 0.201. The lowest BCUT2D eigenvalue weighted by Gasteiger charge is -2.15. The summed E-state index contributed by atoms with van der Waals surface area (Å²) < 4.78 is 72.8. The molecule has 3 rings (SSSR count). The Labute approximate surface area is 200 Å². The number of ether oxygens (including phenoxy) is 1. The van der Waals surface area contributed by atoms with Crippen LogP contribution in [0.1, 0.15) is 62.3 Å². The molecular formula is C25H27F5N2OS. The summed E-state index contributed by atoms with van der Waals surface area (Å²) in [5.74, 6) is -2.06. The minimum atomic E-state index is -4.56. The molecule has 0 amide bonds. The predicted molar refractivity (Wildman–Crippen MR) is 125 cm³/mol. The van der Waals surface area contributed by atoms with Crippen molar-refractivity contribution in [2.45, 2.75) is 58.0 Å². The summed E-state index contributed by atoms with van der Waals surface area (Å²) in [6.07, 6.45) is 1.84. The number of hydrogen-bond donors (Lipinski definition) is 1. The monoisotopic (exact) mass is 498 g/mol. The Morgan fingerprint density at radius 1 is 0.941 bits per heavy atom. The van der Waals surface area contributed by atoms with Crippen LogP contribution in [0.15, 0.2) is 41.8 Å². The molecule has 184 valence electrons. The molecule has 34 heavy (non-hydrogen) atoms. The van der Waals surface area contributed by atoms with Crippen LogP contribution < -0.4 is 10.1 Å². The van der Waals surface area contributed by atoms with Gasteiger partial charge in [0.1, 0.15) is 5.75 Å². The molecule has 0 fully saturated rings. The molecule has 0 saturated carbocycles. The van der Waals surface area contributed by atoms with E-state index in [9.17, 15) is 22.0 Å². The topological polar surface area (TPSA) is 34.1 Å². The number of nitrogens with one attached hydrogen (secondary N) is 1. The van der Waals surface area contributed by atoms with Gasteiger partial charge in [0, 0.05) is 17.5 Å². The number of rotatable bonds is 12. The first kappa shape index (κ1) is 25.9. The second-order valence-electron chi connectivity index (χ2n) is 8.02. The zero-order chi connectivity index (χ0) is 24.6. The van der Waals surface area contributed by atoms with Crippen LogP contribution in [0.2, 0.25) is 0 Å². The van der Waals surface area contributed by atoms with Crippen molar-refractivity contribution in [1.29, 1.82) is 0 Å². The number of nitrogens with zero attached hydrogens (tertiary/aromatic N) is 1. The van der Waals surface area contributed by atoms with Crippen molar-refractivity contribution >= 4 is 22.2 Å². The van der Waals surface area contributed by atoms with Gasteiger partial charge in [-0.1, -0.05) is 45.1 Å². The molecule has 1 N–H and O–H groups in total. The molecule has 0 unspecified atom stereocenters. The number of thiazole rings is 1. The number of benzene rings is 2. The van der Waals surface area contributed by atoms with Gasteiger partial charge in [-0.2, -0.15) is 13.2 Å². The second kappa shape index (κ2) is 12.1. The molecule has 0 spiro atoms. The van der Waals surface area contributed by atoms with Crippen LogP contribution >= 0.6 is 11.3 Å². The number of aromatic nitrogens is 1. The zero-order valence-corrected chi connectivity index (χ0v) is 19.7. The molecule has 0 aliphatic heterocycles. The van der Waals surface area contributed by atoms with Crippen molar-refractivity contribution in [3.8, 4) is 5.75 Å². The Morgan fingerprint density at radius 2 is 1.71 bits per heavy atom. The Hall–Kier alpha value is -2.68. The van der Waals surface area contributed by atoms with E-state index >= 15 is 0 Å².